The van der Waals surface area contributed by atoms with E-state index in [1.54, 1.807) is 0 Å². The molecule has 43 heavy (non-hydrogen) atoms. The number of hydrogen-bond acceptors (Lipinski definition) is 1. The van der Waals surface area contributed by atoms with Crippen LogP contribution in [0.3, 0.4) is 0 Å². The van der Waals surface area contributed by atoms with Crippen LogP contribution in [0.25, 0.3) is 0 Å². The van der Waals surface area contributed by atoms with E-state index in [1.165, 1.54) is 116 Å². The first-order chi connectivity index (χ1) is 20.0. The Labute approximate surface area is 240 Å². The molecule has 5 rings (SSSR count). The Bertz CT molecular complexity index is 1490. The zero-order chi connectivity index (χ0) is 31.6. The van der Waals surface area contributed by atoms with Gasteiger partial charge in [-0.15, -0.1) is 0 Å². The van der Waals surface area contributed by atoms with Gasteiger partial charge in [0.05, 0.1) is 0 Å². The molecule has 1 fully saturated rings. The summed E-state index contributed by atoms with van der Waals surface area (Å²) in [6, 6.07) is 26.7. The van der Waals surface area contributed by atoms with Crippen LogP contribution in [-0.2, 0) is 0 Å². The zero-order valence-corrected chi connectivity index (χ0v) is 23.2. The Morgan fingerprint density at radius 2 is 0.814 bits per heavy atom. The summed E-state index contributed by atoms with van der Waals surface area (Å²) in [6.07, 6.45) is -5.14. The van der Waals surface area contributed by atoms with E-state index in [2.05, 4.69) is 0 Å². The van der Waals surface area contributed by atoms with E-state index in [4.69, 9.17) is 0 Å². The van der Waals surface area contributed by atoms with E-state index in [1.807, 2.05) is 0 Å². The minimum absolute atomic E-state index is 0.0289. The summed E-state index contributed by atoms with van der Waals surface area (Å²) < 4.78 is 155. The summed E-state index contributed by atoms with van der Waals surface area (Å²) in [7, 11) is 0. The molecule has 0 heterocycles. The molecule has 1 aliphatic carbocycles. The predicted octanol–water partition coefficient (Wildman–Crippen LogP) is 8.13. The van der Waals surface area contributed by atoms with Gasteiger partial charge in [-0.25, -0.2) is 0 Å². The fourth-order valence-corrected chi connectivity index (χ4v) is 12.0. The molecule has 0 N–H and O–H groups in total. The van der Waals surface area contributed by atoms with E-state index >= 15 is 35.1 Å². The summed E-state index contributed by atoms with van der Waals surface area (Å²) in [5.41, 5.74) is -0.721. The predicted molar refractivity (Wildman–Crippen MR) is 149 cm³/mol. The van der Waals surface area contributed by atoms with Crippen molar-refractivity contribution in [1.29, 1.82) is 0 Å². The van der Waals surface area contributed by atoms with Crippen LogP contribution in [0, 0.1) is 0 Å². The van der Waals surface area contributed by atoms with Crippen molar-refractivity contribution in [3.8, 4) is 0 Å². The quantitative estimate of drug-likeness (QED) is 0.118. The maximum atomic E-state index is 17.8. The van der Waals surface area contributed by atoms with Gasteiger partial charge in [-0.05, 0) is 0 Å². The van der Waals surface area contributed by atoms with E-state index in [0.29, 0.717) is 0 Å². The number of hydrogen-bond donors (Lipinski definition) is 0. The molecule has 0 amide bonds. The summed E-state index contributed by atoms with van der Waals surface area (Å²) in [5.74, 6) is -33.0. The Balaban J connectivity index is 2.09. The van der Waals surface area contributed by atoms with Gasteiger partial charge in [-0.3, -0.25) is 0 Å². The summed E-state index contributed by atoms with van der Waals surface area (Å²) in [6.45, 7) is -4.26. The fourth-order valence-electron chi connectivity index (χ4n) is 6.01. The van der Waals surface area contributed by atoms with Gasteiger partial charge in [0.15, 0.2) is 0 Å². The van der Waals surface area contributed by atoms with Crippen LogP contribution < -0.4 is 20.6 Å². The molecular weight excluding hydrogens is 607 g/mol. The Morgan fingerprint density at radius 3 is 1.16 bits per heavy atom. The van der Waals surface area contributed by atoms with Crippen molar-refractivity contribution < 1.29 is 43.9 Å². The average molecular weight is 631 g/mol. The number of benzene rings is 4. The maximum absolute atomic E-state index is 17.8. The van der Waals surface area contributed by atoms with Crippen molar-refractivity contribution in [2.45, 2.75) is 35.7 Å². The number of rotatable bonds is 6. The first-order valence-corrected chi connectivity index (χ1v) is 15.5. The fraction of sp³-hybridized carbons (Fsp3) is 0.226. The molecule has 0 bridgehead atoms. The normalized spacial score (nSPS) is 24.8. The van der Waals surface area contributed by atoms with Crippen LogP contribution in [-0.4, -0.2) is 42.3 Å². The minimum atomic E-state index is -7.03. The van der Waals surface area contributed by atoms with Crippen molar-refractivity contribution in [2.24, 2.45) is 0 Å². The second-order valence-electron chi connectivity index (χ2n) is 10.5. The van der Waals surface area contributed by atoms with Gasteiger partial charge < -0.3 is 0 Å². The summed E-state index contributed by atoms with van der Waals surface area (Å²) >= 11 is 0. The van der Waals surface area contributed by atoms with Gasteiger partial charge in [0, 0.05) is 0 Å². The van der Waals surface area contributed by atoms with Crippen molar-refractivity contribution >= 4 is 28.4 Å². The van der Waals surface area contributed by atoms with Crippen LogP contribution in [0.15, 0.2) is 121 Å². The van der Waals surface area contributed by atoms with E-state index < -0.39 is 48.1 Å². The molecule has 1 nitrogen and oxygen atoms in total. The third-order valence-corrected chi connectivity index (χ3v) is 14.5. The number of alkyl halides is 10. The average Bonchev–Trinajstić information content (AvgIpc) is 3.01. The molecule has 0 radical (unpaired) electrons. The van der Waals surface area contributed by atoms with Gasteiger partial charge in [-0.2, -0.15) is 0 Å². The van der Waals surface area contributed by atoms with Gasteiger partial charge in [0.1, 0.15) is 0 Å². The van der Waals surface area contributed by atoms with Crippen molar-refractivity contribution in [3.63, 3.8) is 0 Å². The second kappa shape index (κ2) is 9.71. The Kier molecular flexibility index (Phi) is 6.97. The molecular formula is C31H24F10NP. The monoisotopic (exact) mass is 631 g/mol. The Hall–Kier alpha value is -3.59. The van der Waals surface area contributed by atoms with Crippen LogP contribution in [0.5, 0.6) is 0 Å². The van der Waals surface area contributed by atoms with Gasteiger partial charge >= 0.3 is 241 Å². The zero-order valence-electron chi connectivity index (χ0n) is 22.3. The van der Waals surface area contributed by atoms with E-state index in [-0.39, 0.29) is 20.6 Å². The number of nitrogens with zero attached hydrogens (tertiary/aromatic N) is 1. The third-order valence-electron chi connectivity index (χ3n) is 8.28. The summed E-state index contributed by atoms with van der Waals surface area (Å²) in [5, 5.41) is -0.0868. The van der Waals surface area contributed by atoms with Crippen molar-refractivity contribution in [1.82, 2.24) is 0 Å². The van der Waals surface area contributed by atoms with Crippen LogP contribution in [0.1, 0.15) is 0 Å². The number of anilines is 1. The molecule has 12 heteroatoms. The molecule has 4 aromatic rings. The molecule has 0 spiro atoms. The molecule has 0 aromatic heterocycles. The van der Waals surface area contributed by atoms with E-state index in [0.717, 1.165) is 12.1 Å². The van der Waals surface area contributed by atoms with Crippen LogP contribution in [0.2, 0.25) is 0 Å². The van der Waals surface area contributed by atoms with Gasteiger partial charge in [-0.1, -0.05) is 0 Å². The van der Waals surface area contributed by atoms with Crippen LogP contribution in [0.4, 0.5) is 49.6 Å². The Morgan fingerprint density at radius 1 is 0.488 bits per heavy atom. The molecule has 0 aliphatic heterocycles. The molecule has 1 aliphatic rings. The van der Waals surface area contributed by atoms with Crippen molar-refractivity contribution in [2.75, 3.05) is 11.3 Å². The first kappa shape index (κ1) is 30.9. The van der Waals surface area contributed by atoms with E-state index in [9.17, 15) is 8.78 Å². The van der Waals surface area contributed by atoms with Gasteiger partial charge in [0.25, 0.3) is 0 Å². The SMILES string of the molecule is CP(c1ccccc1)(c1ccccc1)(c1ccccc1)N(c1ccccc1)C1(F)C(F)C(F)(F)C(F)(F)C(F)(F)C1(F)F. The number of halogens is 10. The topological polar surface area (TPSA) is 3.24 Å². The van der Waals surface area contributed by atoms with Gasteiger partial charge in [0.2, 0.25) is 0 Å². The molecule has 4 aromatic carbocycles. The number of para-hydroxylation sites is 1. The standard InChI is InChI=1S/C31H24F10NP/c1-43(23-16-8-3-9-17-23,24-18-10-4-11-19-24,25-20-12-5-13-21-25)42(22-14-6-2-7-15-22)28(35)26(32)27(33,34)29(36,37)31(40,41)30(28,38)39/h2-21,26H,1H3. The first-order valence-electron chi connectivity index (χ1n) is 12.9. The molecule has 2 atom stereocenters. The van der Waals surface area contributed by atoms with Crippen LogP contribution >= 0.6 is 6.75 Å². The molecule has 1 saturated carbocycles. The second-order valence-corrected chi connectivity index (χ2v) is 15.5. The summed E-state index contributed by atoms with van der Waals surface area (Å²) in [4.78, 5) is 0. The van der Waals surface area contributed by atoms with Crippen molar-refractivity contribution in [3.05, 3.63) is 121 Å². The molecule has 228 valence electrons. The molecule has 0 saturated heterocycles. The third kappa shape index (κ3) is 3.63. The molecule has 2 unspecified atom stereocenters.